The molecular formula is C22H29N7O2. The minimum Gasteiger partial charge on any atom is -0.384 e. The van der Waals surface area contributed by atoms with Crippen LogP contribution in [0.2, 0.25) is 0 Å². The molecule has 1 aliphatic carbocycles. The van der Waals surface area contributed by atoms with Gasteiger partial charge in [0.25, 0.3) is 0 Å². The zero-order chi connectivity index (χ0) is 21.2. The van der Waals surface area contributed by atoms with Gasteiger partial charge >= 0.3 is 0 Å². The number of hydrogen-bond acceptors (Lipinski definition) is 7. The lowest BCUT2D eigenvalue weighted by Gasteiger charge is -2.44. The van der Waals surface area contributed by atoms with E-state index < -0.39 is 5.60 Å². The highest BCUT2D eigenvalue weighted by Crippen LogP contribution is 2.53. The molecule has 3 aromatic rings. The first-order chi connectivity index (χ1) is 15.1. The summed E-state index contributed by atoms with van der Waals surface area (Å²) in [6, 6.07) is 4.22. The van der Waals surface area contributed by atoms with Crippen molar-refractivity contribution in [3.05, 3.63) is 30.1 Å². The summed E-state index contributed by atoms with van der Waals surface area (Å²) in [5.41, 5.74) is 0.843. The maximum absolute atomic E-state index is 12.2. The quantitative estimate of drug-likeness (QED) is 0.660. The van der Waals surface area contributed by atoms with Gasteiger partial charge in [-0.15, -0.1) is 0 Å². The molecule has 31 heavy (non-hydrogen) atoms. The first-order valence-corrected chi connectivity index (χ1v) is 11.2. The van der Waals surface area contributed by atoms with Gasteiger partial charge in [-0.05, 0) is 32.9 Å². The summed E-state index contributed by atoms with van der Waals surface area (Å²) in [5.74, 6) is 2.00. The van der Waals surface area contributed by atoms with Gasteiger partial charge in [-0.25, -0.2) is 4.98 Å². The summed E-state index contributed by atoms with van der Waals surface area (Å²) < 4.78 is 7.42. The number of likely N-dealkylation sites (tertiary alicyclic amines) is 1. The third kappa shape index (κ3) is 2.83. The second-order valence-corrected chi connectivity index (χ2v) is 9.39. The molecule has 2 saturated heterocycles. The topological polar surface area (TPSA) is 95.3 Å². The Morgan fingerprint density at radius 2 is 2.03 bits per heavy atom. The van der Waals surface area contributed by atoms with Gasteiger partial charge in [-0.3, -0.25) is 5.10 Å². The molecule has 0 radical (unpaired) electrons. The van der Waals surface area contributed by atoms with Crippen molar-refractivity contribution in [1.82, 2.24) is 29.9 Å². The molecule has 3 aromatic heterocycles. The summed E-state index contributed by atoms with van der Waals surface area (Å²) in [6.07, 6.45) is 5.72. The molecule has 3 fully saturated rings. The van der Waals surface area contributed by atoms with Crippen LogP contribution in [0.4, 0.5) is 5.82 Å². The number of anilines is 1. The number of morpholine rings is 1. The van der Waals surface area contributed by atoms with Crippen LogP contribution < -0.4 is 4.90 Å². The second kappa shape index (κ2) is 7.01. The molecule has 6 rings (SSSR count). The second-order valence-electron chi connectivity index (χ2n) is 9.39. The molecule has 9 heteroatoms. The number of H-pyrrole nitrogens is 1. The SMILES string of the molecule is C[C@@H]1COCCN1c1cc(C2(O)C3CCC2CN(C)C3)c2cnn(-c3cc[nH]n3)c2n1. The van der Waals surface area contributed by atoms with Crippen molar-refractivity contribution in [3.8, 4) is 5.82 Å². The van der Waals surface area contributed by atoms with E-state index in [4.69, 9.17) is 9.72 Å². The maximum Gasteiger partial charge on any atom is 0.177 e. The van der Waals surface area contributed by atoms with E-state index in [1.54, 1.807) is 10.9 Å². The Morgan fingerprint density at radius 1 is 1.23 bits per heavy atom. The van der Waals surface area contributed by atoms with Crippen molar-refractivity contribution in [2.24, 2.45) is 11.8 Å². The predicted molar refractivity (Wildman–Crippen MR) is 116 cm³/mol. The van der Waals surface area contributed by atoms with Gasteiger partial charge in [0.15, 0.2) is 11.5 Å². The Labute approximate surface area is 181 Å². The lowest BCUT2D eigenvalue weighted by molar-refractivity contribution is -0.0836. The number of aromatic amines is 1. The minimum absolute atomic E-state index is 0.213. The van der Waals surface area contributed by atoms with E-state index in [-0.39, 0.29) is 17.9 Å². The van der Waals surface area contributed by atoms with Gasteiger partial charge in [0, 0.05) is 54.7 Å². The van der Waals surface area contributed by atoms with Crippen LogP contribution in [-0.4, -0.2) is 80.9 Å². The fraction of sp³-hybridized carbons (Fsp3) is 0.591. The fourth-order valence-electron chi connectivity index (χ4n) is 5.97. The van der Waals surface area contributed by atoms with Gasteiger partial charge in [0.2, 0.25) is 0 Å². The van der Waals surface area contributed by atoms with Gasteiger partial charge < -0.3 is 19.6 Å². The van der Waals surface area contributed by atoms with Crippen LogP contribution >= 0.6 is 0 Å². The van der Waals surface area contributed by atoms with E-state index in [2.05, 4.69) is 45.1 Å². The monoisotopic (exact) mass is 423 g/mol. The van der Waals surface area contributed by atoms with Crippen molar-refractivity contribution in [3.63, 3.8) is 0 Å². The standard InChI is InChI=1S/C22H29N7O2/c1-14-13-31-8-7-28(14)20-9-18(22(30)15-3-4-16(22)12-27(2)11-15)17-10-24-29(21(17)25-20)19-5-6-23-26-19/h5-6,9-10,14-16,30H,3-4,7-8,11-13H2,1-2H3,(H,23,26)/t14-,15?,16?,22?/m1/s1. The van der Waals surface area contributed by atoms with Crippen LogP contribution in [0.3, 0.4) is 0 Å². The van der Waals surface area contributed by atoms with Crippen LogP contribution in [0, 0.1) is 11.8 Å². The Hall–Kier alpha value is -2.49. The van der Waals surface area contributed by atoms with Gasteiger partial charge in [0.1, 0.15) is 5.82 Å². The Morgan fingerprint density at radius 3 is 2.74 bits per heavy atom. The van der Waals surface area contributed by atoms with E-state index in [9.17, 15) is 5.11 Å². The Kier molecular flexibility index (Phi) is 4.35. The lowest BCUT2D eigenvalue weighted by atomic mass is 9.74. The lowest BCUT2D eigenvalue weighted by Crippen LogP contribution is -2.51. The summed E-state index contributed by atoms with van der Waals surface area (Å²) >= 11 is 0. The molecule has 2 N–H and O–H groups in total. The number of fused-ring (bicyclic) bond motifs is 3. The number of nitrogens with one attached hydrogen (secondary N) is 1. The van der Waals surface area contributed by atoms with Crippen molar-refractivity contribution in [1.29, 1.82) is 0 Å². The molecule has 3 atom stereocenters. The van der Waals surface area contributed by atoms with Crippen molar-refractivity contribution in [2.75, 3.05) is 44.8 Å². The number of rotatable bonds is 3. The molecule has 0 aromatic carbocycles. The number of piperidine rings is 1. The highest BCUT2D eigenvalue weighted by molar-refractivity contribution is 5.83. The van der Waals surface area contributed by atoms with Gasteiger partial charge in [0.05, 0.1) is 31.1 Å². The molecular weight excluding hydrogens is 394 g/mol. The number of hydrogen-bond donors (Lipinski definition) is 2. The molecule has 164 valence electrons. The maximum atomic E-state index is 12.2. The minimum atomic E-state index is -0.864. The zero-order valence-electron chi connectivity index (χ0n) is 18.0. The zero-order valence-corrected chi connectivity index (χ0v) is 18.0. The fourth-order valence-corrected chi connectivity index (χ4v) is 5.97. The molecule has 5 heterocycles. The number of pyridine rings is 1. The smallest absolute Gasteiger partial charge is 0.177 e. The summed E-state index contributed by atoms with van der Waals surface area (Å²) in [7, 11) is 2.16. The van der Waals surface area contributed by atoms with Crippen LogP contribution in [0.25, 0.3) is 16.9 Å². The summed E-state index contributed by atoms with van der Waals surface area (Å²) in [5, 5.41) is 24.9. The molecule has 0 amide bonds. The average Bonchev–Trinajstić information content (AvgIpc) is 3.46. The molecule has 0 spiro atoms. The summed E-state index contributed by atoms with van der Waals surface area (Å²) in [6.45, 7) is 6.11. The van der Waals surface area contributed by atoms with Crippen molar-refractivity contribution in [2.45, 2.75) is 31.4 Å². The van der Waals surface area contributed by atoms with E-state index in [1.165, 1.54) is 0 Å². The van der Waals surface area contributed by atoms with Crippen LogP contribution in [0.15, 0.2) is 24.5 Å². The van der Waals surface area contributed by atoms with Crippen LogP contribution in [0.5, 0.6) is 0 Å². The average molecular weight is 424 g/mol. The van der Waals surface area contributed by atoms with Gasteiger partial charge in [-0.1, -0.05) is 0 Å². The van der Waals surface area contributed by atoms with Gasteiger partial charge in [-0.2, -0.15) is 14.9 Å². The Balaban J connectivity index is 1.57. The van der Waals surface area contributed by atoms with Crippen LogP contribution in [0.1, 0.15) is 25.3 Å². The Bertz CT molecular complexity index is 1080. The van der Waals surface area contributed by atoms with E-state index in [0.717, 1.165) is 54.9 Å². The van der Waals surface area contributed by atoms with Crippen molar-refractivity contribution >= 4 is 16.9 Å². The third-order valence-electron chi connectivity index (χ3n) is 7.50. The first kappa shape index (κ1) is 19.2. The molecule has 2 bridgehead atoms. The largest absolute Gasteiger partial charge is 0.384 e. The first-order valence-electron chi connectivity index (χ1n) is 11.2. The van der Waals surface area contributed by atoms with E-state index in [0.29, 0.717) is 19.0 Å². The number of aromatic nitrogens is 5. The summed E-state index contributed by atoms with van der Waals surface area (Å²) in [4.78, 5) is 9.67. The van der Waals surface area contributed by atoms with E-state index in [1.807, 2.05) is 12.3 Å². The predicted octanol–water partition coefficient (Wildman–Crippen LogP) is 1.53. The van der Waals surface area contributed by atoms with E-state index >= 15 is 0 Å². The molecule has 3 aliphatic rings. The normalized spacial score (nSPS) is 31.6. The number of nitrogens with zero attached hydrogens (tertiary/aromatic N) is 6. The molecule has 1 saturated carbocycles. The third-order valence-corrected chi connectivity index (χ3v) is 7.50. The number of aliphatic hydroxyl groups is 1. The van der Waals surface area contributed by atoms with Crippen LogP contribution in [-0.2, 0) is 10.3 Å². The highest BCUT2D eigenvalue weighted by Gasteiger charge is 2.54. The highest BCUT2D eigenvalue weighted by atomic mass is 16.5. The molecule has 2 unspecified atom stereocenters. The van der Waals surface area contributed by atoms with Crippen molar-refractivity contribution < 1.29 is 9.84 Å². The molecule has 2 aliphatic heterocycles. The number of ether oxygens (including phenoxy) is 1. The molecule has 9 nitrogen and oxygen atoms in total.